The Morgan fingerprint density at radius 3 is 2.75 bits per heavy atom. The molecule has 3 unspecified atom stereocenters. The molecule has 28 heavy (non-hydrogen) atoms. The number of nitrogens with zero attached hydrogens (tertiary/aromatic N) is 3. The second kappa shape index (κ2) is 7.30. The molecule has 0 spiro atoms. The number of rotatable bonds is 4. The molecule has 4 heterocycles. The van der Waals surface area contributed by atoms with Gasteiger partial charge >= 0.3 is 0 Å². The third-order valence-electron chi connectivity index (χ3n) is 5.38. The highest BCUT2D eigenvalue weighted by Crippen LogP contribution is 2.49. The van der Waals surface area contributed by atoms with Crippen LogP contribution in [0.5, 0.6) is 0 Å². The van der Waals surface area contributed by atoms with E-state index < -0.39 is 0 Å². The summed E-state index contributed by atoms with van der Waals surface area (Å²) in [4.78, 5) is 12.1. The number of benzene rings is 1. The molecule has 5 rings (SSSR count). The van der Waals surface area contributed by atoms with E-state index in [0.717, 1.165) is 45.1 Å². The SMILES string of the molecule is CCC1CSC2=NC(c3ccccn3)C(c3ccc(-c4ccc(Cl)cc4)o3)N21. The third-order valence-corrected chi connectivity index (χ3v) is 6.75. The van der Waals surface area contributed by atoms with Crippen LogP contribution in [0.2, 0.25) is 5.02 Å². The molecule has 2 aromatic heterocycles. The predicted molar refractivity (Wildman–Crippen MR) is 115 cm³/mol. The largest absolute Gasteiger partial charge is 0.459 e. The van der Waals surface area contributed by atoms with Crippen molar-refractivity contribution in [2.24, 2.45) is 4.99 Å². The van der Waals surface area contributed by atoms with Crippen molar-refractivity contribution in [3.8, 4) is 11.3 Å². The van der Waals surface area contributed by atoms with Gasteiger partial charge in [-0.3, -0.25) is 4.98 Å². The summed E-state index contributed by atoms with van der Waals surface area (Å²) in [5.41, 5.74) is 2.00. The maximum Gasteiger partial charge on any atom is 0.161 e. The highest BCUT2D eigenvalue weighted by Gasteiger charge is 2.46. The van der Waals surface area contributed by atoms with E-state index in [1.54, 1.807) is 0 Å². The standard InChI is InChI=1S/C22H20ClN3OS/c1-2-16-13-28-22-25-20(17-5-3-4-12-24-17)21(26(16)22)19-11-10-18(27-19)14-6-8-15(23)9-7-14/h3-12,16,20-21H,2,13H2,1H3. The fourth-order valence-corrected chi connectivity index (χ4v) is 5.40. The van der Waals surface area contributed by atoms with Crippen molar-refractivity contribution >= 4 is 28.5 Å². The van der Waals surface area contributed by atoms with Crippen LogP contribution in [0, 0.1) is 0 Å². The zero-order chi connectivity index (χ0) is 19.1. The van der Waals surface area contributed by atoms with E-state index in [2.05, 4.69) is 28.9 Å². The Kier molecular flexibility index (Phi) is 4.65. The van der Waals surface area contributed by atoms with Crippen LogP contribution in [-0.2, 0) is 0 Å². The van der Waals surface area contributed by atoms with Crippen molar-refractivity contribution in [3.05, 3.63) is 77.3 Å². The van der Waals surface area contributed by atoms with Crippen LogP contribution in [0.25, 0.3) is 11.3 Å². The Morgan fingerprint density at radius 1 is 1.14 bits per heavy atom. The van der Waals surface area contributed by atoms with Crippen molar-refractivity contribution in [2.75, 3.05) is 5.75 Å². The van der Waals surface area contributed by atoms with E-state index in [1.807, 2.05) is 60.4 Å². The molecule has 2 aliphatic rings. The first-order valence-corrected chi connectivity index (χ1v) is 10.9. The first-order valence-electron chi connectivity index (χ1n) is 9.50. The minimum absolute atomic E-state index is 0.0332. The van der Waals surface area contributed by atoms with Gasteiger partial charge in [-0.2, -0.15) is 0 Å². The number of thioether (sulfide) groups is 1. The van der Waals surface area contributed by atoms with Gasteiger partial charge in [0.2, 0.25) is 0 Å². The molecule has 0 aliphatic carbocycles. The van der Waals surface area contributed by atoms with Gasteiger partial charge in [0, 0.05) is 28.6 Å². The molecule has 0 saturated carbocycles. The van der Waals surface area contributed by atoms with E-state index in [4.69, 9.17) is 21.0 Å². The van der Waals surface area contributed by atoms with Gasteiger partial charge < -0.3 is 9.32 Å². The minimum Gasteiger partial charge on any atom is -0.459 e. The Bertz CT molecular complexity index is 1000. The first-order chi connectivity index (χ1) is 13.7. The van der Waals surface area contributed by atoms with Crippen LogP contribution in [0.15, 0.2) is 70.2 Å². The number of hydrogen-bond donors (Lipinski definition) is 0. The summed E-state index contributed by atoms with van der Waals surface area (Å²) >= 11 is 7.87. The van der Waals surface area contributed by atoms with E-state index in [0.29, 0.717) is 6.04 Å². The van der Waals surface area contributed by atoms with Gasteiger partial charge in [0.25, 0.3) is 0 Å². The smallest absolute Gasteiger partial charge is 0.161 e. The lowest BCUT2D eigenvalue weighted by molar-refractivity contribution is 0.226. The summed E-state index contributed by atoms with van der Waals surface area (Å²) in [6.07, 6.45) is 2.92. The van der Waals surface area contributed by atoms with Gasteiger partial charge in [0.15, 0.2) is 5.17 Å². The Balaban J connectivity index is 1.55. The molecule has 1 aromatic carbocycles. The molecule has 6 heteroatoms. The Labute approximate surface area is 173 Å². The number of amidine groups is 1. The molecule has 0 N–H and O–H groups in total. The number of aliphatic imine (C=N–C) groups is 1. The summed E-state index contributed by atoms with van der Waals surface area (Å²) in [5, 5.41) is 1.83. The highest BCUT2D eigenvalue weighted by molar-refractivity contribution is 8.14. The number of furan rings is 1. The number of fused-ring (bicyclic) bond motifs is 1. The van der Waals surface area contributed by atoms with E-state index in [9.17, 15) is 0 Å². The molecule has 0 radical (unpaired) electrons. The fraction of sp³-hybridized carbons (Fsp3) is 0.273. The quantitative estimate of drug-likeness (QED) is 0.532. The average molecular weight is 410 g/mol. The molecule has 4 nitrogen and oxygen atoms in total. The van der Waals surface area contributed by atoms with Gasteiger partial charge in [0.05, 0.1) is 5.69 Å². The van der Waals surface area contributed by atoms with Crippen LogP contribution in [0.1, 0.15) is 36.9 Å². The summed E-state index contributed by atoms with van der Waals surface area (Å²) < 4.78 is 6.35. The van der Waals surface area contributed by atoms with Crippen molar-refractivity contribution in [2.45, 2.75) is 31.5 Å². The van der Waals surface area contributed by atoms with Crippen LogP contribution in [0.3, 0.4) is 0 Å². The molecule has 1 fully saturated rings. The maximum absolute atomic E-state index is 6.35. The molecule has 0 bridgehead atoms. The van der Waals surface area contributed by atoms with E-state index >= 15 is 0 Å². The Hall–Kier alpha value is -2.24. The maximum atomic E-state index is 6.35. The summed E-state index contributed by atoms with van der Waals surface area (Å²) in [6, 6.07) is 18.3. The van der Waals surface area contributed by atoms with Gasteiger partial charge in [0.1, 0.15) is 23.6 Å². The van der Waals surface area contributed by atoms with E-state index in [1.165, 1.54) is 0 Å². The van der Waals surface area contributed by atoms with Crippen molar-refractivity contribution in [1.29, 1.82) is 0 Å². The predicted octanol–water partition coefficient (Wildman–Crippen LogP) is 5.97. The zero-order valence-electron chi connectivity index (χ0n) is 15.5. The summed E-state index contributed by atoms with van der Waals surface area (Å²) in [6.45, 7) is 2.24. The summed E-state index contributed by atoms with van der Waals surface area (Å²) in [7, 11) is 0. The van der Waals surface area contributed by atoms with Crippen LogP contribution >= 0.6 is 23.4 Å². The lowest BCUT2D eigenvalue weighted by Crippen LogP contribution is -2.35. The van der Waals surface area contributed by atoms with Gasteiger partial charge in [-0.1, -0.05) is 36.4 Å². The van der Waals surface area contributed by atoms with Gasteiger partial charge in [-0.25, -0.2) is 4.99 Å². The molecule has 0 amide bonds. The Morgan fingerprint density at radius 2 is 2.00 bits per heavy atom. The number of hydrogen-bond acceptors (Lipinski definition) is 5. The summed E-state index contributed by atoms with van der Waals surface area (Å²) in [5.74, 6) is 2.85. The second-order valence-corrected chi connectivity index (χ2v) is 8.47. The lowest BCUT2D eigenvalue weighted by atomic mass is 10.0. The van der Waals surface area contributed by atoms with Gasteiger partial charge in [-0.05, 0) is 55.0 Å². The minimum atomic E-state index is -0.0535. The molecule has 2 aliphatic heterocycles. The van der Waals surface area contributed by atoms with Crippen molar-refractivity contribution < 1.29 is 4.42 Å². The fourth-order valence-electron chi connectivity index (χ4n) is 3.94. The number of aromatic nitrogens is 1. The molecule has 3 atom stereocenters. The number of pyridine rings is 1. The zero-order valence-corrected chi connectivity index (χ0v) is 17.0. The van der Waals surface area contributed by atoms with Gasteiger partial charge in [-0.15, -0.1) is 0 Å². The lowest BCUT2D eigenvalue weighted by Gasteiger charge is -2.30. The van der Waals surface area contributed by atoms with Crippen LogP contribution < -0.4 is 0 Å². The normalized spacial score (nSPS) is 23.7. The second-order valence-electron chi connectivity index (χ2n) is 7.05. The average Bonchev–Trinajstić information content (AvgIpc) is 3.44. The molecular weight excluding hydrogens is 390 g/mol. The molecular formula is C22H20ClN3OS. The molecule has 142 valence electrons. The first kappa shape index (κ1) is 17.8. The van der Waals surface area contributed by atoms with Crippen LogP contribution in [0.4, 0.5) is 0 Å². The monoisotopic (exact) mass is 409 g/mol. The topological polar surface area (TPSA) is 41.6 Å². The molecule has 1 saturated heterocycles. The van der Waals surface area contributed by atoms with Crippen LogP contribution in [-0.4, -0.2) is 26.8 Å². The third kappa shape index (κ3) is 3.03. The van der Waals surface area contributed by atoms with Crippen molar-refractivity contribution in [1.82, 2.24) is 9.88 Å². The van der Waals surface area contributed by atoms with Crippen molar-refractivity contribution in [3.63, 3.8) is 0 Å². The number of halogens is 1. The van der Waals surface area contributed by atoms with E-state index in [-0.39, 0.29) is 12.1 Å². The molecule has 3 aromatic rings. The highest BCUT2D eigenvalue weighted by atomic mass is 35.5.